The standard InChI is InChI=1S/C20H24N6O3S/c1-14-8-9-21-18(12-14)26-20-13-19(24-15(2)25-20)22-10-11-23-30(27,28)17-6-4-16(29-3)5-7-17/h4-9,12-13,23H,10-11H2,1-3H3,(H2,21,22,24,25,26). The van der Waals surface area contributed by atoms with Crippen molar-refractivity contribution in [2.45, 2.75) is 18.7 Å². The largest absolute Gasteiger partial charge is 0.497 e. The van der Waals surface area contributed by atoms with Crippen LogP contribution in [0.1, 0.15) is 11.4 Å². The zero-order valence-corrected chi connectivity index (χ0v) is 17.8. The Labute approximate surface area is 176 Å². The Morgan fingerprint density at radius 2 is 1.67 bits per heavy atom. The summed E-state index contributed by atoms with van der Waals surface area (Å²) in [5, 5.41) is 6.25. The third-order valence-corrected chi connectivity index (χ3v) is 5.58. The minimum Gasteiger partial charge on any atom is -0.497 e. The lowest BCUT2D eigenvalue weighted by Gasteiger charge is -2.11. The molecule has 10 heteroatoms. The SMILES string of the molecule is COc1ccc(S(=O)(=O)NCCNc2cc(Nc3cc(C)ccn3)nc(C)n2)cc1. The summed E-state index contributed by atoms with van der Waals surface area (Å²) in [6.07, 6.45) is 1.72. The van der Waals surface area contributed by atoms with Crippen molar-refractivity contribution in [3.63, 3.8) is 0 Å². The van der Waals surface area contributed by atoms with Gasteiger partial charge in [0.25, 0.3) is 0 Å². The van der Waals surface area contributed by atoms with Gasteiger partial charge in [-0.15, -0.1) is 0 Å². The van der Waals surface area contributed by atoms with Crippen molar-refractivity contribution in [1.29, 1.82) is 0 Å². The second-order valence-electron chi connectivity index (χ2n) is 6.53. The number of nitrogens with zero attached hydrogens (tertiary/aromatic N) is 3. The summed E-state index contributed by atoms with van der Waals surface area (Å²) in [6, 6.07) is 11.8. The molecule has 0 aliphatic rings. The van der Waals surface area contributed by atoms with Gasteiger partial charge in [0.05, 0.1) is 12.0 Å². The highest BCUT2D eigenvalue weighted by atomic mass is 32.2. The van der Waals surface area contributed by atoms with Crippen LogP contribution in [-0.4, -0.2) is 43.6 Å². The molecule has 158 valence electrons. The second kappa shape index (κ2) is 9.51. The number of methoxy groups -OCH3 is 1. The molecule has 3 N–H and O–H groups in total. The van der Waals surface area contributed by atoms with Crippen LogP contribution in [0.15, 0.2) is 53.6 Å². The van der Waals surface area contributed by atoms with E-state index in [0.29, 0.717) is 35.6 Å². The maximum Gasteiger partial charge on any atom is 0.240 e. The number of hydrogen-bond donors (Lipinski definition) is 3. The van der Waals surface area contributed by atoms with Crippen LogP contribution < -0.4 is 20.1 Å². The maximum atomic E-state index is 12.4. The summed E-state index contributed by atoms with van der Waals surface area (Å²) in [5.74, 6) is 3.04. The van der Waals surface area contributed by atoms with E-state index in [1.54, 1.807) is 31.3 Å². The molecule has 30 heavy (non-hydrogen) atoms. The van der Waals surface area contributed by atoms with Gasteiger partial charge in [0.15, 0.2) is 0 Å². The molecule has 0 radical (unpaired) electrons. The summed E-state index contributed by atoms with van der Waals surface area (Å²) in [4.78, 5) is 13.1. The minimum absolute atomic E-state index is 0.179. The Morgan fingerprint density at radius 1 is 0.933 bits per heavy atom. The van der Waals surface area contributed by atoms with Crippen LogP contribution in [0.2, 0.25) is 0 Å². The van der Waals surface area contributed by atoms with Gasteiger partial charge < -0.3 is 15.4 Å². The molecule has 0 fully saturated rings. The van der Waals surface area contributed by atoms with E-state index >= 15 is 0 Å². The highest BCUT2D eigenvalue weighted by molar-refractivity contribution is 7.89. The van der Waals surface area contributed by atoms with E-state index in [9.17, 15) is 8.42 Å². The Hall–Kier alpha value is -3.24. The third-order valence-electron chi connectivity index (χ3n) is 4.10. The lowest BCUT2D eigenvalue weighted by atomic mass is 10.3. The Kier molecular flexibility index (Phi) is 6.80. The topological polar surface area (TPSA) is 118 Å². The molecule has 2 heterocycles. The number of ether oxygens (including phenoxy) is 1. The van der Waals surface area contributed by atoms with E-state index in [1.165, 1.54) is 19.2 Å². The molecule has 0 saturated carbocycles. The van der Waals surface area contributed by atoms with Crippen molar-refractivity contribution in [1.82, 2.24) is 19.7 Å². The monoisotopic (exact) mass is 428 g/mol. The molecule has 3 rings (SSSR count). The summed E-state index contributed by atoms with van der Waals surface area (Å²) in [5.41, 5.74) is 1.08. The number of benzene rings is 1. The predicted molar refractivity (Wildman–Crippen MR) is 116 cm³/mol. The molecule has 9 nitrogen and oxygen atoms in total. The van der Waals surface area contributed by atoms with Crippen molar-refractivity contribution in [2.24, 2.45) is 0 Å². The van der Waals surface area contributed by atoms with Crippen LogP contribution in [0.25, 0.3) is 0 Å². The quantitative estimate of drug-likeness (QED) is 0.445. The van der Waals surface area contributed by atoms with E-state index in [1.807, 2.05) is 19.1 Å². The summed E-state index contributed by atoms with van der Waals surface area (Å²) in [6.45, 7) is 4.32. The van der Waals surface area contributed by atoms with Gasteiger partial charge in [-0.2, -0.15) is 0 Å². The lowest BCUT2D eigenvalue weighted by Crippen LogP contribution is -2.29. The van der Waals surface area contributed by atoms with Crippen molar-refractivity contribution < 1.29 is 13.2 Å². The normalized spacial score (nSPS) is 11.2. The van der Waals surface area contributed by atoms with E-state index in [4.69, 9.17) is 4.74 Å². The average Bonchev–Trinajstić information content (AvgIpc) is 2.71. The molecule has 0 bridgehead atoms. The zero-order chi connectivity index (χ0) is 21.6. The smallest absolute Gasteiger partial charge is 0.240 e. The second-order valence-corrected chi connectivity index (χ2v) is 8.30. The summed E-state index contributed by atoms with van der Waals surface area (Å²) < 4.78 is 32.3. The predicted octanol–water partition coefficient (Wildman–Crippen LogP) is 2.63. The molecule has 0 amide bonds. The molecule has 0 aliphatic heterocycles. The number of anilines is 3. The molecule has 0 aliphatic carbocycles. The Bertz CT molecular complexity index is 1100. The van der Waals surface area contributed by atoms with Gasteiger partial charge in [0, 0.05) is 25.4 Å². The van der Waals surface area contributed by atoms with Gasteiger partial charge in [-0.1, -0.05) is 0 Å². The zero-order valence-electron chi connectivity index (χ0n) is 17.0. The fraction of sp³-hybridized carbons (Fsp3) is 0.250. The first-order valence-corrected chi connectivity index (χ1v) is 10.8. The van der Waals surface area contributed by atoms with Crippen LogP contribution in [0.5, 0.6) is 5.75 Å². The number of sulfonamides is 1. The molecule has 0 spiro atoms. The van der Waals surface area contributed by atoms with Gasteiger partial charge in [-0.25, -0.2) is 28.1 Å². The van der Waals surface area contributed by atoms with Gasteiger partial charge in [0.1, 0.15) is 29.0 Å². The molecular weight excluding hydrogens is 404 g/mol. The first kappa shape index (κ1) is 21.5. The first-order chi connectivity index (χ1) is 14.4. The van der Waals surface area contributed by atoms with Crippen LogP contribution in [-0.2, 0) is 10.0 Å². The first-order valence-electron chi connectivity index (χ1n) is 9.29. The fourth-order valence-corrected chi connectivity index (χ4v) is 3.70. The van der Waals surface area contributed by atoms with E-state index in [0.717, 1.165) is 5.56 Å². The van der Waals surface area contributed by atoms with E-state index < -0.39 is 10.0 Å². The highest BCUT2D eigenvalue weighted by Crippen LogP contribution is 2.17. The molecule has 3 aromatic rings. The van der Waals surface area contributed by atoms with Crippen LogP contribution >= 0.6 is 0 Å². The van der Waals surface area contributed by atoms with Crippen LogP contribution in [0.3, 0.4) is 0 Å². The van der Waals surface area contributed by atoms with Gasteiger partial charge in [-0.3, -0.25) is 0 Å². The minimum atomic E-state index is -3.60. The molecule has 0 atom stereocenters. The number of hydrogen-bond acceptors (Lipinski definition) is 8. The molecule has 0 saturated heterocycles. The summed E-state index contributed by atoms with van der Waals surface area (Å²) >= 11 is 0. The molecule has 0 unspecified atom stereocenters. The average molecular weight is 429 g/mol. The Morgan fingerprint density at radius 3 is 2.37 bits per heavy atom. The Balaban J connectivity index is 1.57. The molecule has 1 aromatic carbocycles. The fourth-order valence-electron chi connectivity index (χ4n) is 2.67. The summed E-state index contributed by atoms with van der Waals surface area (Å²) in [7, 11) is -2.07. The maximum absolute atomic E-state index is 12.4. The number of aromatic nitrogens is 3. The van der Waals surface area contributed by atoms with Gasteiger partial charge in [-0.05, 0) is 55.8 Å². The van der Waals surface area contributed by atoms with Crippen molar-refractivity contribution in [2.75, 3.05) is 30.8 Å². The van der Waals surface area contributed by atoms with Gasteiger partial charge >= 0.3 is 0 Å². The number of rotatable bonds is 9. The number of nitrogens with one attached hydrogen (secondary N) is 3. The third kappa shape index (κ3) is 5.88. The molecular formula is C20H24N6O3S. The molecule has 2 aromatic heterocycles. The van der Waals surface area contributed by atoms with E-state index in [2.05, 4.69) is 30.3 Å². The van der Waals surface area contributed by atoms with Crippen molar-refractivity contribution >= 4 is 27.5 Å². The number of aryl methyl sites for hydroxylation is 2. The van der Waals surface area contributed by atoms with Crippen molar-refractivity contribution in [3.8, 4) is 5.75 Å². The van der Waals surface area contributed by atoms with E-state index in [-0.39, 0.29) is 11.4 Å². The van der Waals surface area contributed by atoms with Crippen LogP contribution in [0.4, 0.5) is 17.5 Å². The van der Waals surface area contributed by atoms with Crippen LogP contribution in [0, 0.1) is 13.8 Å². The number of pyridine rings is 1. The van der Waals surface area contributed by atoms with Crippen molar-refractivity contribution in [3.05, 3.63) is 60.0 Å². The highest BCUT2D eigenvalue weighted by Gasteiger charge is 2.13. The van der Waals surface area contributed by atoms with Gasteiger partial charge in [0.2, 0.25) is 10.0 Å². The lowest BCUT2D eigenvalue weighted by molar-refractivity contribution is 0.414.